The van der Waals surface area contributed by atoms with E-state index >= 15 is 0 Å². The molecule has 30 heavy (non-hydrogen) atoms. The van der Waals surface area contributed by atoms with E-state index in [1.54, 1.807) is 30.6 Å². The van der Waals surface area contributed by atoms with Crippen molar-refractivity contribution in [2.75, 3.05) is 0 Å². The van der Waals surface area contributed by atoms with E-state index in [0.717, 1.165) is 12.8 Å². The Balaban J connectivity index is 1.75. The summed E-state index contributed by atoms with van der Waals surface area (Å²) >= 11 is 0. The SMILES string of the molecule is CC(NC(=O)C(F)(F)F)C(c1cnc(C2CC2)nc1)n1ncc2cc(C#N)ccc21. The van der Waals surface area contributed by atoms with Gasteiger partial charge in [0, 0.05) is 29.3 Å². The molecule has 2 atom stereocenters. The summed E-state index contributed by atoms with van der Waals surface area (Å²) in [6, 6.07) is 5.20. The standard InChI is InChI=1S/C20H17F3N6O/c1-11(28-19(30)20(21,22)23)17(15-8-25-18(26-9-15)13-3-4-13)29-16-5-2-12(7-24)6-14(16)10-27-29/h2,5-6,8-11,13,17H,3-4H2,1H3,(H,28,30). The van der Waals surface area contributed by atoms with Crippen LogP contribution < -0.4 is 5.32 Å². The van der Waals surface area contributed by atoms with E-state index in [9.17, 15) is 18.0 Å². The summed E-state index contributed by atoms with van der Waals surface area (Å²) in [6.07, 6.45) is 1.70. The second kappa shape index (κ2) is 7.40. The first-order chi connectivity index (χ1) is 14.3. The molecule has 0 bridgehead atoms. The number of benzene rings is 1. The second-order valence-electron chi connectivity index (χ2n) is 7.33. The third-order valence-electron chi connectivity index (χ3n) is 5.05. The first-order valence-corrected chi connectivity index (χ1v) is 9.35. The summed E-state index contributed by atoms with van der Waals surface area (Å²) in [6.45, 7) is 1.47. The minimum absolute atomic E-state index is 0.329. The Morgan fingerprint density at radius 1 is 1.27 bits per heavy atom. The molecule has 10 heteroatoms. The molecule has 2 aromatic heterocycles. The van der Waals surface area contributed by atoms with Crippen LogP contribution in [0.2, 0.25) is 0 Å². The molecule has 1 aromatic carbocycles. The van der Waals surface area contributed by atoms with Gasteiger partial charge in [-0.1, -0.05) is 0 Å². The molecule has 0 saturated heterocycles. The van der Waals surface area contributed by atoms with Gasteiger partial charge >= 0.3 is 12.1 Å². The van der Waals surface area contributed by atoms with Gasteiger partial charge in [0.25, 0.3) is 0 Å². The van der Waals surface area contributed by atoms with Crippen molar-refractivity contribution < 1.29 is 18.0 Å². The number of alkyl halides is 3. The lowest BCUT2D eigenvalue weighted by Gasteiger charge is -2.26. The lowest BCUT2D eigenvalue weighted by atomic mass is 10.0. The van der Waals surface area contributed by atoms with Crippen molar-refractivity contribution in [2.45, 2.75) is 43.9 Å². The molecule has 2 unspecified atom stereocenters. The molecule has 1 aliphatic carbocycles. The van der Waals surface area contributed by atoms with Crippen LogP contribution in [0.3, 0.4) is 0 Å². The normalized spacial score (nSPS) is 16.1. The van der Waals surface area contributed by atoms with Gasteiger partial charge in [0.15, 0.2) is 0 Å². The summed E-state index contributed by atoms with van der Waals surface area (Å²) in [7, 11) is 0. The highest BCUT2D eigenvalue weighted by atomic mass is 19.4. The Kier molecular flexibility index (Phi) is 4.89. The fourth-order valence-electron chi connectivity index (χ4n) is 3.41. The van der Waals surface area contributed by atoms with Crippen LogP contribution >= 0.6 is 0 Å². The van der Waals surface area contributed by atoms with Crippen LogP contribution in [0.1, 0.15) is 48.7 Å². The van der Waals surface area contributed by atoms with Crippen molar-refractivity contribution in [2.24, 2.45) is 0 Å². The van der Waals surface area contributed by atoms with Gasteiger partial charge in [-0.15, -0.1) is 0 Å². The molecule has 154 valence electrons. The Hall–Kier alpha value is -3.48. The number of carbonyl (C=O) groups is 1. The molecule has 4 rings (SSSR count). The summed E-state index contributed by atoms with van der Waals surface area (Å²) in [4.78, 5) is 20.3. The number of halogens is 3. The monoisotopic (exact) mass is 414 g/mol. The van der Waals surface area contributed by atoms with Gasteiger partial charge in [0.2, 0.25) is 0 Å². The number of nitrogens with one attached hydrogen (secondary N) is 1. The van der Waals surface area contributed by atoms with E-state index in [1.165, 1.54) is 17.8 Å². The van der Waals surface area contributed by atoms with Gasteiger partial charge in [0.05, 0.1) is 29.4 Å². The van der Waals surface area contributed by atoms with Gasteiger partial charge in [-0.25, -0.2) is 9.97 Å². The maximum Gasteiger partial charge on any atom is 0.471 e. The number of rotatable bonds is 5. The van der Waals surface area contributed by atoms with Gasteiger partial charge < -0.3 is 5.32 Å². The molecule has 1 fully saturated rings. The van der Waals surface area contributed by atoms with E-state index in [2.05, 4.69) is 15.1 Å². The summed E-state index contributed by atoms with van der Waals surface area (Å²) in [5.41, 5.74) is 1.57. The van der Waals surface area contributed by atoms with Crippen molar-refractivity contribution in [3.05, 3.63) is 53.7 Å². The van der Waals surface area contributed by atoms with Gasteiger partial charge in [-0.2, -0.15) is 23.5 Å². The van der Waals surface area contributed by atoms with E-state index in [4.69, 9.17) is 5.26 Å². The Bertz CT molecular complexity index is 1130. The second-order valence-corrected chi connectivity index (χ2v) is 7.33. The van der Waals surface area contributed by atoms with Crippen LogP contribution in [-0.4, -0.2) is 37.9 Å². The van der Waals surface area contributed by atoms with Crippen LogP contribution in [0.4, 0.5) is 13.2 Å². The summed E-state index contributed by atoms with van der Waals surface area (Å²) < 4.78 is 40.0. The van der Waals surface area contributed by atoms with Crippen molar-refractivity contribution in [3.8, 4) is 6.07 Å². The Morgan fingerprint density at radius 2 is 1.97 bits per heavy atom. The molecule has 3 aromatic rings. The maximum absolute atomic E-state index is 12.8. The van der Waals surface area contributed by atoms with Crippen LogP contribution in [-0.2, 0) is 4.79 Å². The predicted octanol–water partition coefficient (Wildman–Crippen LogP) is 3.23. The molecule has 1 saturated carbocycles. The molecule has 2 heterocycles. The van der Waals surface area contributed by atoms with Crippen molar-refractivity contribution in [1.82, 2.24) is 25.1 Å². The average molecular weight is 414 g/mol. The highest BCUT2D eigenvalue weighted by Crippen LogP contribution is 2.38. The largest absolute Gasteiger partial charge is 0.471 e. The molecular weight excluding hydrogens is 397 g/mol. The first-order valence-electron chi connectivity index (χ1n) is 9.35. The fraction of sp³-hybridized carbons (Fsp3) is 0.350. The summed E-state index contributed by atoms with van der Waals surface area (Å²) in [5.74, 6) is -0.998. The van der Waals surface area contributed by atoms with Crippen LogP contribution in [0.5, 0.6) is 0 Å². The quantitative estimate of drug-likeness (QED) is 0.692. The zero-order chi connectivity index (χ0) is 21.5. The van der Waals surface area contributed by atoms with Gasteiger partial charge in [-0.3, -0.25) is 9.48 Å². The fourth-order valence-corrected chi connectivity index (χ4v) is 3.41. The molecule has 0 radical (unpaired) electrons. The molecular formula is C20H17F3N6O. The number of aromatic nitrogens is 4. The lowest BCUT2D eigenvalue weighted by Crippen LogP contribution is -2.46. The van der Waals surface area contributed by atoms with Crippen LogP contribution in [0, 0.1) is 11.3 Å². The van der Waals surface area contributed by atoms with E-state index in [1.807, 2.05) is 11.4 Å². The third kappa shape index (κ3) is 3.83. The molecule has 7 nitrogen and oxygen atoms in total. The smallest absolute Gasteiger partial charge is 0.343 e. The molecule has 0 aliphatic heterocycles. The van der Waals surface area contributed by atoms with E-state index in [0.29, 0.717) is 33.8 Å². The van der Waals surface area contributed by atoms with Crippen molar-refractivity contribution >= 4 is 16.8 Å². The first kappa shape index (κ1) is 19.8. The molecule has 1 aliphatic rings. The number of nitrogens with zero attached hydrogens (tertiary/aromatic N) is 5. The number of fused-ring (bicyclic) bond motifs is 1. The zero-order valence-electron chi connectivity index (χ0n) is 15.9. The van der Waals surface area contributed by atoms with Gasteiger partial charge in [-0.05, 0) is 38.0 Å². The Labute approximate surface area is 169 Å². The highest BCUT2D eigenvalue weighted by molar-refractivity contribution is 5.82. The number of carbonyl (C=O) groups excluding carboxylic acids is 1. The third-order valence-corrected chi connectivity index (χ3v) is 5.05. The van der Waals surface area contributed by atoms with Crippen molar-refractivity contribution in [1.29, 1.82) is 5.26 Å². The molecule has 1 amide bonds. The van der Waals surface area contributed by atoms with Crippen LogP contribution in [0.15, 0.2) is 36.8 Å². The van der Waals surface area contributed by atoms with E-state index in [-0.39, 0.29) is 0 Å². The number of nitriles is 1. The van der Waals surface area contributed by atoms with Gasteiger partial charge in [0.1, 0.15) is 11.9 Å². The molecule has 0 spiro atoms. The Morgan fingerprint density at radius 3 is 2.57 bits per heavy atom. The number of hydrogen-bond donors (Lipinski definition) is 1. The highest BCUT2D eigenvalue weighted by Gasteiger charge is 2.41. The maximum atomic E-state index is 12.8. The summed E-state index contributed by atoms with van der Waals surface area (Å²) in [5, 5.41) is 16.1. The number of hydrogen-bond acceptors (Lipinski definition) is 5. The number of amides is 1. The predicted molar refractivity (Wildman–Crippen MR) is 100 cm³/mol. The minimum Gasteiger partial charge on any atom is -0.343 e. The topological polar surface area (TPSA) is 96.5 Å². The zero-order valence-corrected chi connectivity index (χ0v) is 15.9. The van der Waals surface area contributed by atoms with E-state index < -0.39 is 24.2 Å². The minimum atomic E-state index is -5.00. The lowest BCUT2D eigenvalue weighted by molar-refractivity contribution is -0.174. The van der Waals surface area contributed by atoms with Crippen molar-refractivity contribution in [3.63, 3.8) is 0 Å². The average Bonchev–Trinajstić information content (AvgIpc) is 3.49. The van der Waals surface area contributed by atoms with Crippen LogP contribution in [0.25, 0.3) is 10.9 Å². The molecule has 1 N–H and O–H groups in total.